The van der Waals surface area contributed by atoms with Crippen LogP contribution >= 0.6 is 0 Å². The van der Waals surface area contributed by atoms with Crippen LogP contribution in [0.5, 0.6) is 0 Å². The third kappa shape index (κ3) is 1.68. The van der Waals surface area contributed by atoms with E-state index in [0.29, 0.717) is 0 Å². The van der Waals surface area contributed by atoms with E-state index in [-0.39, 0.29) is 12.2 Å². The zero-order valence-corrected chi connectivity index (χ0v) is 7.89. The van der Waals surface area contributed by atoms with E-state index >= 15 is 0 Å². The van der Waals surface area contributed by atoms with E-state index in [1.165, 1.54) is 12.1 Å². The zero-order chi connectivity index (χ0) is 10.8. The molecule has 2 rings (SSSR count). The molecule has 2 aromatic rings. The smallest absolute Gasteiger partial charge is 0.270 e. The SMILES string of the molecule is O=[N+]([O-])c1ccc2c(ccn2CCF)c1. The first-order valence-electron chi connectivity index (χ1n) is 4.51. The van der Waals surface area contributed by atoms with Crippen LogP contribution in [0.15, 0.2) is 30.5 Å². The summed E-state index contributed by atoms with van der Waals surface area (Å²) in [4.78, 5) is 10.1. The van der Waals surface area contributed by atoms with Crippen LogP contribution in [-0.4, -0.2) is 16.2 Å². The molecule has 0 saturated heterocycles. The van der Waals surface area contributed by atoms with Crippen molar-refractivity contribution >= 4 is 16.6 Å². The summed E-state index contributed by atoms with van der Waals surface area (Å²) in [6.07, 6.45) is 1.73. The van der Waals surface area contributed by atoms with Gasteiger partial charge in [0.2, 0.25) is 0 Å². The van der Waals surface area contributed by atoms with Crippen LogP contribution in [0.1, 0.15) is 0 Å². The van der Waals surface area contributed by atoms with Gasteiger partial charge in [0, 0.05) is 29.2 Å². The van der Waals surface area contributed by atoms with E-state index in [0.717, 1.165) is 10.9 Å². The van der Waals surface area contributed by atoms with Crippen molar-refractivity contribution in [2.45, 2.75) is 6.54 Å². The first-order valence-corrected chi connectivity index (χ1v) is 4.51. The van der Waals surface area contributed by atoms with Gasteiger partial charge in [-0.3, -0.25) is 10.1 Å². The molecule has 0 aliphatic carbocycles. The Hall–Kier alpha value is -1.91. The number of rotatable bonds is 3. The number of nitrogens with zero attached hydrogens (tertiary/aromatic N) is 2. The molecule has 0 amide bonds. The lowest BCUT2D eigenvalue weighted by molar-refractivity contribution is -0.384. The molecule has 1 aromatic carbocycles. The zero-order valence-electron chi connectivity index (χ0n) is 7.89. The molecule has 1 aromatic heterocycles. The minimum absolute atomic E-state index is 0.0560. The number of fused-ring (bicyclic) bond motifs is 1. The predicted molar refractivity (Wildman–Crippen MR) is 54.6 cm³/mol. The van der Waals surface area contributed by atoms with E-state index in [1.54, 1.807) is 22.9 Å². The molecule has 78 valence electrons. The van der Waals surface area contributed by atoms with Crippen molar-refractivity contribution in [3.05, 3.63) is 40.6 Å². The van der Waals surface area contributed by atoms with Crippen LogP contribution in [0, 0.1) is 10.1 Å². The fourth-order valence-electron chi connectivity index (χ4n) is 1.59. The third-order valence-corrected chi connectivity index (χ3v) is 2.29. The van der Waals surface area contributed by atoms with E-state index in [4.69, 9.17) is 0 Å². The number of aromatic nitrogens is 1. The van der Waals surface area contributed by atoms with Crippen molar-refractivity contribution in [2.24, 2.45) is 0 Å². The van der Waals surface area contributed by atoms with Gasteiger partial charge in [0.25, 0.3) is 5.69 Å². The average molecular weight is 208 g/mol. The molecule has 5 heteroatoms. The summed E-state index contributed by atoms with van der Waals surface area (Å²) >= 11 is 0. The number of hydrogen-bond acceptors (Lipinski definition) is 2. The molecular formula is C10H9FN2O2. The number of nitro groups is 1. The highest BCUT2D eigenvalue weighted by molar-refractivity contribution is 5.82. The number of hydrogen-bond donors (Lipinski definition) is 0. The Bertz CT molecular complexity index is 507. The fourth-order valence-corrected chi connectivity index (χ4v) is 1.59. The summed E-state index contributed by atoms with van der Waals surface area (Å²) in [5, 5.41) is 11.3. The molecule has 1 heterocycles. The Kier molecular flexibility index (Phi) is 2.37. The Morgan fingerprint density at radius 2 is 2.20 bits per heavy atom. The lowest BCUT2D eigenvalue weighted by Gasteiger charge is -2.00. The molecule has 0 aliphatic rings. The van der Waals surface area contributed by atoms with Gasteiger partial charge in [-0.05, 0) is 12.1 Å². The maximum Gasteiger partial charge on any atom is 0.270 e. The highest BCUT2D eigenvalue weighted by Gasteiger charge is 2.08. The minimum Gasteiger partial charge on any atom is -0.345 e. The molecule has 0 radical (unpaired) electrons. The third-order valence-electron chi connectivity index (χ3n) is 2.29. The Morgan fingerprint density at radius 3 is 2.87 bits per heavy atom. The molecule has 0 unspecified atom stereocenters. The highest BCUT2D eigenvalue weighted by atomic mass is 19.1. The number of aryl methyl sites for hydroxylation is 1. The second-order valence-electron chi connectivity index (χ2n) is 3.20. The molecule has 4 nitrogen and oxygen atoms in total. The molecule has 0 bridgehead atoms. The number of alkyl halides is 1. The topological polar surface area (TPSA) is 48.1 Å². The van der Waals surface area contributed by atoms with Gasteiger partial charge in [-0.15, -0.1) is 0 Å². The van der Waals surface area contributed by atoms with Crippen LogP contribution in [-0.2, 0) is 6.54 Å². The Labute approximate surface area is 85.1 Å². The normalized spacial score (nSPS) is 10.7. The molecule has 0 spiro atoms. The van der Waals surface area contributed by atoms with Crippen LogP contribution in [0.4, 0.5) is 10.1 Å². The van der Waals surface area contributed by atoms with Gasteiger partial charge in [-0.25, -0.2) is 4.39 Å². The molecule has 0 aliphatic heterocycles. The van der Waals surface area contributed by atoms with Crippen LogP contribution in [0.2, 0.25) is 0 Å². The van der Waals surface area contributed by atoms with Gasteiger partial charge >= 0.3 is 0 Å². The molecule has 0 atom stereocenters. The predicted octanol–water partition coefficient (Wildman–Crippen LogP) is 2.52. The van der Waals surface area contributed by atoms with Gasteiger partial charge in [0.05, 0.1) is 11.5 Å². The lowest BCUT2D eigenvalue weighted by Crippen LogP contribution is -1.97. The van der Waals surface area contributed by atoms with Crippen molar-refractivity contribution < 1.29 is 9.31 Å². The Morgan fingerprint density at radius 1 is 1.40 bits per heavy atom. The second kappa shape index (κ2) is 3.68. The lowest BCUT2D eigenvalue weighted by atomic mass is 10.2. The van der Waals surface area contributed by atoms with Crippen molar-refractivity contribution in [1.82, 2.24) is 4.57 Å². The second-order valence-corrected chi connectivity index (χ2v) is 3.20. The first-order chi connectivity index (χ1) is 7.22. The monoisotopic (exact) mass is 208 g/mol. The number of halogens is 1. The van der Waals surface area contributed by atoms with Crippen molar-refractivity contribution in [1.29, 1.82) is 0 Å². The summed E-state index contributed by atoms with van der Waals surface area (Å²) in [5.41, 5.74) is 0.874. The standard InChI is InChI=1S/C10H9FN2O2/c11-4-6-12-5-3-8-7-9(13(14)15)1-2-10(8)12/h1-3,5,7H,4,6H2. The quantitative estimate of drug-likeness (QED) is 0.574. The van der Waals surface area contributed by atoms with Crippen LogP contribution in [0.25, 0.3) is 10.9 Å². The molecule has 15 heavy (non-hydrogen) atoms. The molecule has 0 saturated carbocycles. The minimum atomic E-state index is -0.444. The van der Waals surface area contributed by atoms with Gasteiger partial charge in [0.1, 0.15) is 6.67 Å². The number of non-ortho nitro benzene ring substituents is 1. The van der Waals surface area contributed by atoms with E-state index in [2.05, 4.69) is 0 Å². The maximum absolute atomic E-state index is 12.2. The fraction of sp³-hybridized carbons (Fsp3) is 0.200. The van der Waals surface area contributed by atoms with E-state index < -0.39 is 11.6 Å². The van der Waals surface area contributed by atoms with Gasteiger partial charge in [-0.2, -0.15) is 0 Å². The summed E-state index contributed by atoms with van der Waals surface area (Å²) in [7, 11) is 0. The van der Waals surface area contributed by atoms with Crippen LogP contribution < -0.4 is 0 Å². The average Bonchev–Trinajstić information content (AvgIpc) is 2.61. The molecule has 0 N–H and O–H groups in total. The van der Waals surface area contributed by atoms with Crippen LogP contribution in [0.3, 0.4) is 0 Å². The van der Waals surface area contributed by atoms with Crippen molar-refractivity contribution in [2.75, 3.05) is 6.67 Å². The van der Waals surface area contributed by atoms with E-state index in [9.17, 15) is 14.5 Å². The van der Waals surface area contributed by atoms with Gasteiger partial charge in [-0.1, -0.05) is 0 Å². The van der Waals surface area contributed by atoms with Gasteiger partial charge < -0.3 is 4.57 Å². The van der Waals surface area contributed by atoms with Crippen molar-refractivity contribution in [3.8, 4) is 0 Å². The largest absolute Gasteiger partial charge is 0.345 e. The Balaban J connectivity index is 2.51. The summed E-state index contributed by atoms with van der Waals surface area (Å²) < 4.78 is 13.9. The molecule has 0 fully saturated rings. The summed E-state index contributed by atoms with van der Waals surface area (Å²) in [6, 6.07) is 6.31. The highest BCUT2D eigenvalue weighted by Crippen LogP contribution is 2.21. The summed E-state index contributed by atoms with van der Waals surface area (Å²) in [5.74, 6) is 0. The number of benzene rings is 1. The summed E-state index contributed by atoms with van der Waals surface area (Å²) in [6.45, 7) is -0.165. The first kappa shape index (κ1) is 9.64. The van der Waals surface area contributed by atoms with Gasteiger partial charge in [0.15, 0.2) is 0 Å². The maximum atomic E-state index is 12.2. The molecular weight excluding hydrogens is 199 g/mol. The number of nitro benzene ring substituents is 1. The van der Waals surface area contributed by atoms with E-state index in [1.807, 2.05) is 0 Å². The van der Waals surface area contributed by atoms with Crippen molar-refractivity contribution in [3.63, 3.8) is 0 Å².